The number of aliphatic hydroxyl groups excluding tert-OH is 2. The minimum absolute atomic E-state index is 0.0698. The summed E-state index contributed by atoms with van der Waals surface area (Å²) in [4.78, 5) is 51.1. The maximum atomic E-state index is 13.1. The summed E-state index contributed by atoms with van der Waals surface area (Å²) in [5, 5.41) is 31.4. The molecule has 434 valence electrons. The number of carbonyl (C=O) groups excluding carboxylic acids is 3. The molecule has 0 spiro atoms. The van der Waals surface area contributed by atoms with Gasteiger partial charge in [-0.3, -0.25) is 14.4 Å². The summed E-state index contributed by atoms with van der Waals surface area (Å²) in [7, 11) is 0. The first-order valence-electron chi connectivity index (χ1n) is 29.5. The van der Waals surface area contributed by atoms with Crippen LogP contribution in [0.5, 0.6) is 0 Å². The van der Waals surface area contributed by atoms with Gasteiger partial charge in [0, 0.05) is 19.3 Å². The topological polar surface area (TPSA) is 175 Å². The van der Waals surface area contributed by atoms with Crippen molar-refractivity contribution in [1.29, 1.82) is 0 Å². The number of rotatable bonds is 48. The van der Waals surface area contributed by atoms with Crippen LogP contribution < -0.4 is 0 Å². The van der Waals surface area contributed by atoms with Gasteiger partial charge in [-0.05, 0) is 116 Å². The van der Waals surface area contributed by atoms with E-state index < -0.39 is 67.3 Å². The molecule has 6 unspecified atom stereocenters. The number of hydrogen-bond donors (Lipinski definition) is 3. The zero-order chi connectivity index (χ0) is 56.1. The highest BCUT2D eigenvalue weighted by Gasteiger charge is 2.50. The monoisotopic (exact) mass is 1070 g/mol. The highest BCUT2D eigenvalue weighted by atomic mass is 16.7. The predicted molar refractivity (Wildman–Crippen MR) is 312 cm³/mol. The zero-order valence-electron chi connectivity index (χ0n) is 47.7. The van der Waals surface area contributed by atoms with Crippen LogP contribution in [0.15, 0.2) is 122 Å². The number of aliphatic carboxylic acids is 1. The van der Waals surface area contributed by atoms with Crippen LogP contribution in [0.3, 0.4) is 0 Å². The van der Waals surface area contributed by atoms with Crippen LogP contribution in [0.1, 0.15) is 213 Å². The number of carbonyl (C=O) groups is 4. The first-order valence-corrected chi connectivity index (χ1v) is 29.5. The average Bonchev–Trinajstić information content (AvgIpc) is 3.42. The fourth-order valence-corrected chi connectivity index (χ4v) is 8.05. The van der Waals surface area contributed by atoms with Gasteiger partial charge < -0.3 is 39.0 Å². The van der Waals surface area contributed by atoms with Crippen molar-refractivity contribution in [3.8, 4) is 0 Å². The van der Waals surface area contributed by atoms with Crippen LogP contribution in [-0.4, -0.2) is 89.2 Å². The summed E-state index contributed by atoms with van der Waals surface area (Å²) >= 11 is 0. The van der Waals surface area contributed by atoms with Gasteiger partial charge in [-0.25, -0.2) is 4.79 Å². The van der Waals surface area contributed by atoms with Gasteiger partial charge in [-0.2, -0.15) is 0 Å². The van der Waals surface area contributed by atoms with Gasteiger partial charge in [0.15, 0.2) is 24.6 Å². The predicted octanol–water partition coefficient (Wildman–Crippen LogP) is 15.2. The third-order valence-corrected chi connectivity index (χ3v) is 12.5. The Morgan fingerprint density at radius 1 is 0.442 bits per heavy atom. The molecule has 0 aromatic rings. The number of aliphatic hydroxyl groups is 2. The Labute approximate surface area is 465 Å². The van der Waals surface area contributed by atoms with Crippen molar-refractivity contribution in [2.75, 3.05) is 13.2 Å². The third kappa shape index (κ3) is 41.8. The van der Waals surface area contributed by atoms with Gasteiger partial charge in [0.25, 0.3) is 0 Å². The molecule has 12 heteroatoms. The second-order valence-electron chi connectivity index (χ2n) is 19.5. The first kappa shape index (κ1) is 70.1. The number of unbranched alkanes of at least 4 members (excludes halogenated alkanes) is 14. The van der Waals surface area contributed by atoms with Crippen LogP contribution in [0, 0.1) is 0 Å². The molecule has 0 radical (unpaired) electrons. The van der Waals surface area contributed by atoms with Crippen LogP contribution in [0.4, 0.5) is 0 Å². The Morgan fingerprint density at radius 3 is 1.30 bits per heavy atom. The second-order valence-corrected chi connectivity index (χ2v) is 19.5. The lowest BCUT2D eigenvalue weighted by Crippen LogP contribution is -2.61. The molecule has 0 aromatic carbocycles. The van der Waals surface area contributed by atoms with Crippen molar-refractivity contribution in [2.24, 2.45) is 0 Å². The Balaban J connectivity index is 2.74. The van der Waals surface area contributed by atoms with E-state index >= 15 is 0 Å². The number of ether oxygens (including phenoxy) is 5. The standard InChI is InChI=1S/C65H102O12/c1-4-7-10-13-16-19-22-25-27-28-29-30-32-34-36-39-42-45-48-51-57(66)73-54-56(75-58(67)52-49-46-43-40-38-35-31-26-23-20-17-14-11-8-5-2)55-74-65-63(61(70)60(69)62(77-65)64(71)72)76-59(68)53-50-47-44-41-37-33-24-21-18-15-12-9-6-3/h7,9-10,12,16-21,25-27,29-31,33,37,44,47,56,60-63,65,69-70H,4-6,8,11,13-15,22-24,28,32,34-36,38-43,45-46,48-55H2,1-3H3,(H,71,72)/b10-7-,12-9-,19-16-,20-17-,21-18-,27-25-,30-29-,31-26-,37-33-,47-44-. The van der Waals surface area contributed by atoms with Crippen molar-refractivity contribution < 1.29 is 58.2 Å². The molecule has 3 N–H and O–H groups in total. The van der Waals surface area contributed by atoms with E-state index in [0.29, 0.717) is 25.7 Å². The van der Waals surface area contributed by atoms with Crippen molar-refractivity contribution >= 4 is 23.9 Å². The summed E-state index contributed by atoms with van der Waals surface area (Å²) in [5.41, 5.74) is 0. The molecule has 0 amide bonds. The first-order chi connectivity index (χ1) is 37.6. The van der Waals surface area contributed by atoms with E-state index in [9.17, 15) is 34.5 Å². The van der Waals surface area contributed by atoms with E-state index in [2.05, 4.69) is 124 Å². The molecule has 1 aliphatic heterocycles. The third-order valence-electron chi connectivity index (χ3n) is 12.5. The quantitative estimate of drug-likeness (QED) is 0.0228. The van der Waals surface area contributed by atoms with Gasteiger partial charge in [0.1, 0.15) is 18.8 Å². The molecule has 0 aromatic heterocycles. The van der Waals surface area contributed by atoms with E-state index in [0.717, 1.165) is 128 Å². The number of allylic oxidation sites excluding steroid dienone is 20. The molecule has 1 rings (SSSR count). The Hall–Kier alpha value is -4.88. The molecule has 0 saturated carbocycles. The fraction of sp³-hybridized carbons (Fsp3) is 0.631. The van der Waals surface area contributed by atoms with E-state index in [4.69, 9.17) is 23.7 Å². The maximum Gasteiger partial charge on any atom is 0.335 e. The molecule has 77 heavy (non-hydrogen) atoms. The molecule has 12 nitrogen and oxygen atoms in total. The highest BCUT2D eigenvalue weighted by Crippen LogP contribution is 2.26. The minimum Gasteiger partial charge on any atom is -0.479 e. The summed E-state index contributed by atoms with van der Waals surface area (Å²) in [6.45, 7) is 5.66. The van der Waals surface area contributed by atoms with Gasteiger partial charge in [-0.1, -0.05) is 200 Å². The van der Waals surface area contributed by atoms with E-state index in [1.165, 1.54) is 19.3 Å². The summed E-state index contributed by atoms with van der Waals surface area (Å²) in [6, 6.07) is 0. The van der Waals surface area contributed by atoms with E-state index in [1.54, 1.807) is 0 Å². The van der Waals surface area contributed by atoms with Crippen molar-refractivity contribution in [3.63, 3.8) is 0 Å². The van der Waals surface area contributed by atoms with Crippen LogP contribution in [0.2, 0.25) is 0 Å². The molecule has 1 heterocycles. The molecule has 1 aliphatic rings. The Bertz CT molecular complexity index is 1800. The lowest BCUT2D eigenvalue weighted by atomic mass is 9.98. The molecular weight excluding hydrogens is 973 g/mol. The van der Waals surface area contributed by atoms with Crippen molar-refractivity contribution in [1.82, 2.24) is 0 Å². The smallest absolute Gasteiger partial charge is 0.335 e. The lowest BCUT2D eigenvalue weighted by Gasteiger charge is -2.40. The lowest BCUT2D eigenvalue weighted by molar-refractivity contribution is -0.301. The average molecular weight is 1080 g/mol. The molecule has 1 saturated heterocycles. The molecule has 0 aliphatic carbocycles. The number of esters is 3. The Morgan fingerprint density at radius 2 is 0.844 bits per heavy atom. The summed E-state index contributed by atoms with van der Waals surface area (Å²) < 4.78 is 28.3. The minimum atomic E-state index is -1.94. The van der Waals surface area contributed by atoms with Gasteiger partial charge in [0.05, 0.1) is 6.61 Å². The molecule has 0 bridgehead atoms. The fourth-order valence-electron chi connectivity index (χ4n) is 8.05. The number of carboxylic acid groups (broad SMARTS) is 1. The van der Waals surface area contributed by atoms with E-state index in [-0.39, 0.29) is 25.9 Å². The van der Waals surface area contributed by atoms with Crippen molar-refractivity contribution in [2.45, 2.75) is 250 Å². The molecule has 6 atom stereocenters. The molecular formula is C65H102O12. The van der Waals surface area contributed by atoms with Gasteiger partial charge in [0.2, 0.25) is 0 Å². The summed E-state index contributed by atoms with van der Waals surface area (Å²) in [6.07, 6.45) is 59.0. The largest absolute Gasteiger partial charge is 0.479 e. The van der Waals surface area contributed by atoms with Crippen LogP contribution in [0.25, 0.3) is 0 Å². The maximum absolute atomic E-state index is 13.1. The van der Waals surface area contributed by atoms with Crippen LogP contribution >= 0.6 is 0 Å². The van der Waals surface area contributed by atoms with Crippen molar-refractivity contribution in [3.05, 3.63) is 122 Å². The SMILES string of the molecule is CC/C=C\C/C=C\C/C=C\C/C=C\CCCCCCCCC(=O)OCC(COC1OC(C(=O)O)C(O)C(O)C1OC(=O)CC/C=C\C/C=C\C/C=C\C/C=C\CC)OC(=O)CCCCCCC/C=C\C/C=C\CCCCC. The highest BCUT2D eigenvalue weighted by molar-refractivity contribution is 5.74. The Kier molecular flexibility index (Phi) is 47.2. The summed E-state index contributed by atoms with van der Waals surface area (Å²) in [5.74, 6) is -3.28. The number of hydrogen-bond acceptors (Lipinski definition) is 11. The molecule has 1 fully saturated rings. The zero-order valence-corrected chi connectivity index (χ0v) is 47.7. The van der Waals surface area contributed by atoms with Crippen LogP contribution in [-0.2, 0) is 42.9 Å². The number of carboxylic acids is 1. The van der Waals surface area contributed by atoms with Gasteiger partial charge >= 0.3 is 23.9 Å². The van der Waals surface area contributed by atoms with Gasteiger partial charge in [-0.15, -0.1) is 0 Å². The van der Waals surface area contributed by atoms with E-state index in [1.807, 2.05) is 18.2 Å². The normalized spacial score (nSPS) is 18.9. The second kappa shape index (κ2) is 51.9.